The molecule has 0 bridgehead atoms. The molecule has 5 rings (SSSR count). The van der Waals surface area contributed by atoms with Crippen LogP contribution in [0, 0.1) is 11.8 Å². The first-order valence-corrected chi connectivity index (χ1v) is 10.4. The molecule has 140 valence electrons. The topological polar surface area (TPSA) is 17.8 Å². The first-order chi connectivity index (χ1) is 13.8. The number of benzene rings is 2. The molecule has 2 aliphatic rings. The van der Waals surface area contributed by atoms with Crippen molar-refractivity contribution in [2.45, 2.75) is 32.6 Å². The standard InChI is InChI=1S/C26H26N2/c1-3-18(2)26-24(19-11-6-4-7-12-19)25(22-16-10-13-20-17-23(20)22)27-28(26)21-14-8-5-9-15-21/h4-16,18,20,23H,3,17H2,1-2H3. The fourth-order valence-corrected chi connectivity index (χ4v) is 4.40. The fourth-order valence-electron chi connectivity index (χ4n) is 4.40. The Labute approximate surface area is 167 Å². The van der Waals surface area contributed by atoms with Crippen LogP contribution in [-0.2, 0) is 0 Å². The predicted molar refractivity (Wildman–Crippen MR) is 116 cm³/mol. The number of hydrogen-bond donors (Lipinski definition) is 0. The number of rotatable bonds is 5. The molecule has 0 radical (unpaired) electrons. The van der Waals surface area contributed by atoms with Gasteiger partial charge in [0.2, 0.25) is 0 Å². The lowest BCUT2D eigenvalue weighted by Crippen LogP contribution is -2.06. The Morgan fingerprint density at radius 2 is 1.75 bits per heavy atom. The van der Waals surface area contributed by atoms with E-state index in [4.69, 9.17) is 5.10 Å². The third-order valence-electron chi connectivity index (χ3n) is 6.21. The van der Waals surface area contributed by atoms with E-state index in [1.165, 1.54) is 34.5 Å². The summed E-state index contributed by atoms with van der Waals surface area (Å²) >= 11 is 0. The minimum Gasteiger partial charge on any atom is -0.236 e. The summed E-state index contributed by atoms with van der Waals surface area (Å²) in [6.45, 7) is 4.59. The minimum atomic E-state index is 0.423. The van der Waals surface area contributed by atoms with Gasteiger partial charge in [0.05, 0.1) is 17.1 Å². The molecule has 1 saturated carbocycles. The van der Waals surface area contributed by atoms with E-state index in [0.717, 1.165) is 12.1 Å². The summed E-state index contributed by atoms with van der Waals surface area (Å²) in [5.74, 6) is 1.76. The van der Waals surface area contributed by atoms with Crippen LogP contribution in [0.25, 0.3) is 22.4 Å². The van der Waals surface area contributed by atoms with Gasteiger partial charge >= 0.3 is 0 Å². The zero-order chi connectivity index (χ0) is 19.1. The molecule has 3 atom stereocenters. The zero-order valence-electron chi connectivity index (χ0n) is 16.5. The Balaban J connectivity index is 1.80. The summed E-state index contributed by atoms with van der Waals surface area (Å²) in [6.07, 6.45) is 9.21. The third-order valence-corrected chi connectivity index (χ3v) is 6.21. The van der Waals surface area contributed by atoms with E-state index in [-0.39, 0.29) is 0 Å². The normalized spacial score (nSPS) is 21.1. The molecule has 1 heterocycles. The van der Waals surface area contributed by atoms with Crippen LogP contribution in [0.2, 0.25) is 0 Å². The van der Waals surface area contributed by atoms with Crippen LogP contribution in [0.4, 0.5) is 0 Å². The molecule has 2 aromatic carbocycles. The van der Waals surface area contributed by atoms with Crippen molar-refractivity contribution in [1.82, 2.24) is 9.78 Å². The summed E-state index contributed by atoms with van der Waals surface area (Å²) in [7, 11) is 0. The van der Waals surface area contributed by atoms with E-state index in [9.17, 15) is 0 Å². The van der Waals surface area contributed by atoms with Gasteiger partial charge in [-0.1, -0.05) is 80.6 Å². The van der Waals surface area contributed by atoms with Crippen molar-refractivity contribution in [1.29, 1.82) is 0 Å². The summed E-state index contributed by atoms with van der Waals surface area (Å²) in [6, 6.07) is 21.4. The zero-order valence-corrected chi connectivity index (χ0v) is 16.5. The van der Waals surface area contributed by atoms with Crippen molar-refractivity contribution in [3.63, 3.8) is 0 Å². The number of allylic oxidation sites excluding steroid dienone is 4. The molecule has 0 aliphatic heterocycles. The molecule has 0 N–H and O–H groups in total. The van der Waals surface area contributed by atoms with E-state index in [1.807, 2.05) is 0 Å². The Kier molecular flexibility index (Phi) is 4.27. The molecule has 0 saturated heterocycles. The highest BCUT2D eigenvalue weighted by Gasteiger charge is 2.42. The molecule has 3 aromatic rings. The van der Waals surface area contributed by atoms with E-state index in [2.05, 4.69) is 97.4 Å². The molecule has 1 aromatic heterocycles. The highest BCUT2D eigenvalue weighted by atomic mass is 15.3. The Morgan fingerprint density at radius 1 is 1.04 bits per heavy atom. The first kappa shape index (κ1) is 17.2. The highest BCUT2D eigenvalue weighted by molar-refractivity contribution is 5.85. The third kappa shape index (κ3) is 2.84. The van der Waals surface area contributed by atoms with E-state index in [0.29, 0.717) is 17.8 Å². The van der Waals surface area contributed by atoms with Crippen molar-refractivity contribution in [3.05, 3.63) is 90.3 Å². The second kappa shape index (κ2) is 6.94. The van der Waals surface area contributed by atoms with Gasteiger partial charge in [-0.25, -0.2) is 4.68 Å². The maximum Gasteiger partial charge on any atom is 0.0971 e. The number of hydrogen-bond acceptors (Lipinski definition) is 1. The van der Waals surface area contributed by atoms with Crippen molar-refractivity contribution in [2.75, 3.05) is 0 Å². The van der Waals surface area contributed by atoms with Gasteiger partial charge in [0, 0.05) is 5.56 Å². The molecule has 0 spiro atoms. The number of nitrogens with zero attached hydrogens (tertiary/aromatic N) is 2. The number of fused-ring (bicyclic) bond motifs is 1. The largest absolute Gasteiger partial charge is 0.236 e. The van der Waals surface area contributed by atoms with Crippen molar-refractivity contribution in [3.8, 4) is 16.8 Å². The Hall–Kier alpha value is -2.87. The summed E-state index contributed by atoms with van der Waals surface area (Å²) in [5, 5.41) is 5.24. The van der Waals surface area contributed by atoms with Crippen LogP contribution in [0.1, 0.15) is 44.0 Å². The second-order valence-electron chi connectivity index (χ2n) is 8.04. The van der Waals surface area contributed by atoms with Gasteiger partial charge < -0.3 is 0 Å². The average molecular weight is 367 g/mol. The fraction of sp³-hybridized carbons (Fsp3) is 0.269. The molecule has 2 nitrogen and oxygen atoms in total. The lowest BCUT2D eigenvalue weighted by Gasteiger charge is -2.16. The van der Waals surface area contributed by atoms with Crippen LogP contribution in [0.15, 0.2) is 78.9 Å². The van der Waals surface area contributed by atoms with E-state index in [1.54, 1.807) is 0 Å². The summed E-state index contributed by atoms with van der Waals surface area (Å²) < 4.78 is 2.20. The van der Waals surface area contributed by atoms with Crippen LogP contribution in [-0.4, -0.2) is 9.78 Å². The monoisotopic (exact) mass is 366 g/mol. The van der Waals surface area contributed by atoms with Gasteiger partial charge in [0.1, 0.15) is 0 Å². The van der Waals surface area contributed by atoms with E-state index >= 15 is 0 Å². The molecular weight excluding hydrogens is 340 g/mol. The average Bonchev–Trinajstić information content (AvgIpc) is 3.45. The SMILES string of the molecule is CCC(C)c1c(-c2ccccc2)c(C2=CC=CC3CC23)nn1-c1ccccc1. The Bertz CT molecular complexity index is 1040. The lowest BCUT2D eigenvalue weighted by molar-refractivity contribution is 0.665. The molecule has 2 aliphatic carbocycles. The predicted octanol–water partition coefficient (Wildman–Crippen LogP) is 6.64. The highest BCUT2D eigenvalue weighted by Crippen LogP contribution is 2.53. The maximum absolute atomic E-state index is 5.24. The smallest absolute Gasteiger partial charge is 0.0971 e. The van der Waals surface area contributed by atoms with Gasteiger partial charge in [-0.2, -0.15) is 5.10 Å². The van der Waals surface area contributed by atoms with Crippen molar-refractivity contribution >= 4 is 5.57 Å². The van der Waals surface area contributed by atoms with Crippen LogP contribution < -0.4 is 0 Å². The van der Waals surface area contributed by atoms with Gasteiger partial charge in [0.15, 0.2) is 0 Å². The molecule has 0 amide bonds. The molecule has 3 unspecified atom stereocenters. The van der Waals surface area contributed by atoms with Gasteiger partial charge in [0.25, 0.3) is 0 Å². The maximum atomic E-state index is 5.24. The van der Waals surface area contributed by atoms with Crippen molar-refractivity contribution in [2.24, 2.45) is 11.8 Å². The Morgan fingerprint density at radius 3 is 2.46 bits per heavy atom. The summed E-state index contributed by atoms with van der Waals surface area (Å²) in [5.41, 5.74) is 7.62. The minimum absolute atomic E-state index is 0.423. The molecule has 1 fully saturated rings. The molecule has 28 heavy (non-hydrogen) atoms. The van der Waals surface area contributed by atoms with E-state index < -0.39 is 0 Å². The van der Waals surface area contributed by atoms with Crippen LogP contribution >= 0.6 is 0 Å². The molecular formula is C26H26N2. The quantitative estimate of drug-likeness (QED) is 0.495. The van der Waals surface area contributed by atoms with Crippen molar-refractivity contribution < 1.29 is 0 Å². The van der Waals surface area contributed by atoms with Gasteiger partial charge in [-0.3, -0.25) is 0 Å². The number of para-hydroxylation sites is 1. The van der Waals surface area contributed by atoms with Gasteiger partial charge in [-0.05, 0) is 53.9 Å². The first-order valence-electron chi connectivity index (χ1n) is 10.4. The number of aromatic nitrogens is 2. The van der Waals surface area contributed by atoms with Crippen LogP contribution in [0.5, 0.6) is 0 Å². The van der Waals surface area contributed by atoms with Crippen LogP contribution in [0.3, 0.4) is 0 Å². The summed E-state index contributed by atoms with van der Waals surface area (Å²) in [4.78, 5) is 0. The van der Waals surface area contributed by atoms with Gasteiger partial charge in [-0.15, -0.1) is 0 Å². The second-order valence-corrected chi connectivity index (χ2v) is 8.04. The molecule has 2 heteroatoms. The lowest BCUT2D eigenvalue weighted by atomic mass is 9.90.